The highest BCUT2D eigenvalue weighted by molar-refractivity contribution is 5.94. The number of nitrogens with zero attached hydrogens (tertiary/aromatic N) is 1. The van der Waals surface area contributed by atoms with E-state index >= 15 is 0 Å². The van der Waals surface area contributed by atoms with Gasteiger partial charge in [-0.05, 0) is 30.5 Å². The number of amides is 1. The molecule has 0 radical (unpaired) electrons. The van der Waals surface area contributed by atoms with E-state index in [9.17, 15) is 22.4 Å². The molecule has 0 spiro atoms. The van der Waals surface area contributed by atoms with Crippen LogP contribution in [0.15, 0.2) is 18.2 Å². The first-order valence-corrected chi connectivity index (χ1v) is 6.91. The van der Waals surface area contributed by atoms with Crippen molar-refractivity contribution in [2.75, 3.05) is 13.6 Å². The lowest BCUT2D eigenvalue weighted by molar-refractivity contribution is -0.140. The molecule has 1 rings (SSSR count). The van der Waals surface area contributed by atoms with Crippen LogP contribution >= 0.6 is 12.4 Å². The zero-order valence-electron chi connectivity index (χ0n) is 13.2. The molecule has 0 aromatic heterocycles. The summed E-state index contributed by atoms with van der Waals surface area (Å²) < 4.78 is 51.2. The van der Waals surface area contributed by atoms with E-state index in [4.69, 9.17) is 5.73 Å². The molecule has 0 aliphatic carbocycles. The van der Waals surface area contributed by atoms with Gasteiger partial charge in [0.15, 0.2) is 0 Å². The average Bonchev–Trinajstić information content (AvgIpc) is 2.42. The molecule has 8 heteroatoms. The molecule has 0 saturated heterocycles. The van der Waals surface area contributed by atoms with E-state index in [-0.39, 0.29) is 29.9 Å². The third-order valence-electron chi connectivity index (χ3n) is 3.52. The molecule has 0 saturated carbocycles. The molecule has 1 aromatic rings. The smallest absolute Gasteiger partial charge is 0.342 e. The van der Waals surface area contributed by atoms with Crippen LogP contribution in [0.25, 0.3) is 0 Å². The first kappa shape index (κ1) is 21.7. The van der Waals surface area contributed by atoms with E-state index in [1.165, 1.54) is 11.9 Å². The lowest BCUT2D eigenvalue weighted by atomic mass is 10.0. The molecule has 23 heavy (non-hydrogen) atoms. The number of carbonyl (C=O) groups is 1. The van der Waals surface area contributed by atoms with Gasteiger partial charge in [-0.15, -0.1) is 12.4 Å². The second kappa shape index (κ2) is 8.49. The van der Waals surface area contributed by atoms with E-state index in [1.807, 2.05) is 13.8 Å². The standard InChI is InChI=1S/C15H20F4N2O.ClH/c1-9(2)13(20)6-7-21(3)14(22)10-4-5-12(16)11(8-10)15(17,18)19;/h4-5,8-9,13H,6-7,20H2,1-3H3;1H. The van der Waals surface area contributed by atoms with E-state index in [0.717, 1.165) is 6.07 Å². The number of hydrogen-bond donors (Lipinski definition) is 1. The predicted molar refractivity (Wildman–Crippen MR) is 83.0 cm³/mol. The second-order valence-corrected chi connectivity index (χ2v) is 5.62. The fourth-order valence-electron chi connectivity index (χ4n) is 1.87. The summed E-state index contributed by atoms with van der Waals surface area (Å²) in [6, 6.07) is 2.14. The largest absolute Gasteiger partial charge is 0.419 e. The minimum absolute atomic E-state index is 0. The van der Waals surface area contributed by atoms with Crippen molar-refractivity contribution in [3.05, 3.63) is 35.1 Å². The van der Waals surface area contributed by atoms with Gasteiger partial charge in [0.05, 0.1) is 5.56 Å². The number of hydrogen-bond acceptors (Lipinski definition) is 2. The summed E-state index contributed by atoms with van der Waals surface area (Å²) >= 11 is 0. The Bertz CT molecular complexity index is 535. The minimum Gasteiger partial charge on any atom is -0.342 e. The molecule has 132 valence electrons. The molecule has 1 aromatic carbocycles. The lowest BCUT2D eigenvalue weighted by Crippen LogP contribution is -2.34. The predicted octanol–water partition coefficient (Wildman–Crippen LogP) is 3.71. The second-order valence-electron chi connectivity index (χ2n) is 5.62. The highest BCUT2D eigenvalue weighted by Gasteiger charge is 2.34. The number of halogens is 5. The van der Waals surface area contributed by atoms with Crippen molar-refractivity contribution in [2.24, 2.45) is 11.7 Å². The maximum atomic E-state index is 13.2. The van der Waals surface area contributed by atoms with Gasteiger partial charge in [0, 0.05) is 25.2 Å². The molecule has 1 unspecified atom stereocenters. The first-order chi connectivity index (χ1) is 10.0. The Hall–Kier alpha value is -1.34. The fourth-order valence-corrected chi connectivity index (χ4v) is 1.87. The van der Waals surface area contributed by atoms with E-state index < -0.39 is 23.5 Å². The number of benzene rings is 1. The Balaban J connectivity index is 0.00000484. The normalized spacial score (nSPS) is 12.7. The summed E-state index contributed by atoms with van der Waals surface area (Å²) in [5.74, 6) is -1.75. The maximum absolute atomic E-state index is 13.2. The number of rotatable bonds is 5. The molecular weight excluding hydrogens is 336 g/mol. The van der Waals surface area contributed by atoms with Crippen molar-refractivity contribution >= 4 is 18.3 Å². The molecule has 2 N–H and O–H groups in total. The monoisotopic (exact) mass is 356 g/mol. The van der Waals surface area contributed by atoms with Crippen molar-refractivity contribution in [2.45, 2.75) is 32.5 Å². The van der Waals surface area contributed by atoms with Crippen LogP contribution in [-0.2, 0) is 6.18 Å². The molecule has 0 aliphatic rings. The first-order valence-electron chi connectivity index (χ1n) is 6.91. The maximum Gasteiger partial charge on any atom is 0.419 e. The van der Waals surface area contributed by atoms with Crippen molar-refractivity contribution in [3.8, 4) is 0 Å². The Labute approximate surface area is 139 Å². The molecular formula is C15H21ClF4N2O. The molecule has 3 nitrogen and oxygen atoms in total. The highest BCUT2D eigenvalue weighted by Crippen LogP contribution is 2.32. The van der Waals surface area contributed by atoms with Gasteiger partial charge < -0.3 is 10.6 Å². The van der Waals surface area contributed by atoms with Gasteiger partial charge in [-0.3, -0.25) is 4.79 Å². The van der Waals surface area contributed by atoms with Crippen LogP contribution in [-0.4, -0.2) is 30.4 Å². The molecule has 0 heterocycles. The average molecular weight is 357 g/mol. The third-order valence-corrected chi connectivity index (χ3v) is 3.52. The third kappa shape index (κ3) is 5.99. The Kier molecular flexibility index (Phi) is 8.00. The Morgan fingerprint density at radius 2 is 1.87 bits per heavy atom. The van der Waals surface area contributed by atoms with Crippen LogP contribution in [0, 0.1) is 11.7 Å². The summed E-state index contributed by atoms with van der Waals surface area (Å²) in [5, 5.41) is 0. The highest BCUT2D eigenvalue weighted by atomic mass is 35.5. The van der Waals surface area contributed by atoms with E-state index in [0.29, 0.717) is 25.1 Å². The SMILES string of the molecule is CC(C)C(N)CCN(C)C(=O)c1ccc(F)c(C(F)(F)F)c1.Cl. The molecule has 1 amide bonds. The van der Waals surface area contributed by atoms with Gasteiger partial charge in [0.25, 0.3) is 5.91 Å². The Morgan fingerprint density at radius 1 is 1.30 bits per heavy atom. The number of carbonyl (C=O) groups excluding carboxylic acids is 1. The van der Waals surface area contributed by atoms with Gasteiger partial charge in [-0.25, -0.2) is 4.39 Å². The van der Waals surface area contributed by atoms with Crippen LogP contribution in [0.5, 0.6) is 0 Å². The summed E-state index contributed by atoms with van der Waals surface area (Å²) in [6.45, 7) is 4.21. The van der Waals surface area contributed by atoms with Gasteiger partial charge in [-0.1, -0.05) is 13.8 Å². The molecule has 0 fully saturated rings. The van der Waals surface area contributed by atoms with Crippen LogP contribution in [0.2, 0.25) is 0 Å². The zero-order valence-corrected chi connectivity index (χ0v) is 14.0. The van der Waals surface area contributed by atoms with Crippen molar-refractivity contribution < 1.29 is 22.4 Å². The summed E-state index contributed by atoms with van der Waals surface area (Å²) in [7, 11) is 1.48. The van der Waals surface area contributed by atoms with Crippen molar-refractivity contribution in [3.63, 3.8) is 0 Å². The van der Waals surface area contributed by atoms with Gasteiger partial charge in [-0.2, -0.15) is 13.2 Å². The minimum atomic E-state index is -4.83. The van der Waals surface area contributed by atoms with E-state index in [2.05, 4.69) is 0 Å². The zero-order chi connectivity index (χ0) is 17.1. The summed E-state index contributed by atoms with van der Waals surface area (Å²) in [5.41, 5.74) is 4.23. The van der Waals surface area contributed by atoms with Crippen LogP contribution in [0.1, 0.15) is 36.2 Å². The van der Waals surface area contributed by atoms with E-state index in [1.54, 1.807) is 0 Å². The summed E-state index contributed by atoms with van der Waals surface area (Å²) in [4.78, 5) is 13.4. The number of alkyl halides is 3. The van der Waals surface area contributed by atoms with Gasteiger partial charge in [0.2, 0.25) is 0 Å². The number of nitrogens with two attached hydrogens (primary N) is 1. The van der Waals surface area contributed by atoms with Gasteiger partial charge in [0.1, 0.15) is 5.82 Å². The van der Waals surface area contributed by atoms with Crippen LogP contribution in [0.3, 0.4) is 0 Å². The van der Waals surface area contributed by atoms with Crippen LogP contribution < -0.4 is 5.73 Å². The quantitative estimate of drug-likeness (QED) is 0.817. The summed E-state index contributed by atoms with van der Waals surface area (Å²) in [6.07, 6.45) is -4.30. The molecule has 0 aliphatic heterocycles. The topological polar surface area (TPSA) is 46.3 Å². The molecule has 1 atom stereocenters. The molecule has 0 bridgehead atoms. The lowest BCUT2D eigenvalue weighted by Gasteiger charge is -2.22. The van der Waals surface area contributed by atoms with Crippen molar-refractivity contribution in [1.29, 1.82) is 0 Å². The van der Waals surface area contributed by atoms with Gasteiger partial charge >= 0.3 is 6.18 Å². The fraction of sp³-hybridized carbons (Fsp3) is 0.533. The Morgan fingerprint density at radius 3 is 2.35 bits per heavy atom. The van der Waals surface area contributed by atoms with Crippen molar-refractivity contribution in [1.82, 2.24) is 4.90 Å². The van der Waals surface area contributed by atoms with Crippen LogP contribution in [0.4, 0.5) is 17.6 Å².